The Balaban J connectivity index is 1.71. The first kappa shape index (κ1) is 22.5. The van der Waals surface area contributed by atoms with Gasteiger partial charge < -0.3 is 19.7 Å². The number of carbonyl (C=O) groups excluding carboxylic acids is 2. The van der Waals surface area contributed by atoms with Gasteiger partial charge in [0.15, 0.2) is 0 Å². The van der Waals surface area contributed by atoms with Crippen molar-refractivity contribution in [2.75, 3.05) is 44.1 Å². The van der Waals surface area contributed by atoms with Gasteiger partial charge in [-0.05, 0) is 30.3 Å². The maximum Gasteiger partial charge on any atom is 0.416 e. The minimum atomic E-state index is -4.58. The highest BCUT2D eigenvalue weighted by Gasteiger charge is 2.34. The molecule has 1 aliphatic rings. The standard InChI is InChI=1S/C20H19ClF3N3O4/c1-30-13-4-6-17(31-2)16(10-13)27-8-7-26(19(27)29)11-18(28)25-15-9-12(20(22,23)24)3-5-14(15)21/h3-6,9-10H,7-8,11H2,1-2H3,(H,25,28). The minimum absolute atomic E-state index is 0.0446. The smallest absolute Gasteiger partial charge is 0.416 e. The fourth-order valence-electron chi connectivity index (χ4n) is 3.12. The van der Waals surface area contributed by atoms with Gasteiger partial charge in [-0.2, -0.15) is 13.2 Å². The normalized spacial score (nSPS) is 14.1. The van der Waals surface area contributed by atoms with Gasteiger partial charge in [0.25, 0.3) is 0 Å². The van der Waals surface area contributed by atoms with Crippen LogP contribution < -0.4 is 19.7 Å². The Kier molecular flexibility index (Phi) is 6.49. The van der Waals surface area contributed by atoms with Crippen molar-refractivity contribution in [1.82, 2.24) is 4.90 Å². The van der Waals surface area contributed by atoms with Crippen molar-refractivity contribution in [2.45, 2.75) is 6.18 Å². The monoisotopic (exact) mass is 457 g/mol. The van der Waals surface area contributed by atoms with Crippen molar-refractivity contribution >= 4 is 34.9 Å². The molecule has 2 aromatic rings. The van der Waals surface area contributed by atoms with Crippen molar-refractivity contribution in [3.8, 4) is 11.5 Å². The molecule has 166 valence electrons. The third kappa shape index (κ3) is 4.96. The summed E-state index contributed by atoms with van der Waals surface area (Å²) in [6.07, 6.45) is -4.58. The number of hydrogen-bond acceptors (Lipinski definition) is 4. The molecule has 0 spiro atoms. The van der Waals surface area contributed by atoms with Gasteiger partial charge in [-0.1, -0.05) is 11.6 Å². The largest absolute Gasteiger partial charge is 0.497 e. The highest BCUT2D eigenvalue weighted by Crippen LogP contribution is 2.35. The second-order valence-electron chi connectivity index (χ2n) is 6.63. The second kappa shape index (κ2) is 8.93. The molecular weight excluding hydrogens is 439 g/mol. The Labute approximate surface area is 181 Å². The Bertz CT molecular complexity index is 1000. The van der Waals surface area contributed by atoms with E-state index in [1.165, 1.54) is 24.0 Å². The number of halogens is 4. The quantitative estimate of drug-likeness (QED) is 0.703. The van der Waals surface area contributed by atoms with Crippen molar-refractivity contribution < 1.29 is 32.2 Å². The summed E-state index contributed by atoms with van der Waals surface area (Å²) >= 11 is 5.90. The Morgan fingerprint density at radius 2 is 1.87 bits per heavy atom. The summed E-state index contributed by atoms with van der Waals surface area (Å²) in [4.78, 5) is 27.9. The zero-order chi connectivity index (χ0) is 22.8. The zero-order valence-electron chi connectivity index (χ0n) is 16.6. The molecule has 0 unspecified atom stereocenters. The van der Waals surface area contributed by atoms with E-state index in [0.717, 1.165) is 18.2 Å². The van der Waals surface area contributed by atoms with Crippen LogP contribution in [0.5, 0.6) is 11.5 Å². The molecular formula is C20H19ClF3N3O4. The van der Waals surface area contributed by atoms with E-state index in [1.807, 2.05) is 0 Å². The lowest BCUT2D eigenvalue weighted by molar-refractivity contribution is -0.137. The number of ether oxygens (including phenoxy) is 2. The number of hydrogen-bond donors (Lipinski definition) is 1. The third-order valence-corrected chi connectivity index (χ3v) is 5.00. The predicted octanol–water partition coefficient (Wildman–Crippen LogP) is 4.26. The number of carbonyl (C=O) groups is 2. The summed E-state index contributed by atoms with van der Waals surface area (Å²) in [6, 6.07) is 7.16. The molecule has 0 bridgehead atoms. The zero-order valence-corrected chi connectivity index (χ0v) is 17.4. The maximum absolute atomic E-state index is 12.9. The van der Waals surface area contributed by atoms with Gasteiger partial charge in [-0.15, -0.1) is 0 Å². The summed E-state index contributed by atoms with van der Waals surface area (Å²) < 4.78 is 49.2. The van der Waals surface area contributed by atoms with Crippen LogP contribution in [0.2, 0.25) is 5.02 Å². The summed E-state index contributed by atoms with van der Waals surface area (Å²) in [5.74, 6) is 0.309. The van der Waals surface area contributed by atoms with Crippen molar-refractivity contribution in [1.29, 1.82) is 0 Å². The molecule has 1 aliphatic heterocycles. The molecule has 0 atom stereocenters. The Morgan fingerprint density at radius 1 is 1.13 bits per heavy atom. The van der Waals surface area contributed by atoms with Crippen LogP contribution in [0, 0.1) is 0 Å². The van der Waals surface area contributed by atoms with Gasteiger partial charge in [-0.3, -0.25) is 9.69 Å². The molecule has 1 N–H and O–H groups in total. The SMILES string of the molecule is COc1ccc(OC)c(N2CCN(CC(=O)Nc3cc(C(F)(F)F)ccc3Cl)C2=O)c1. The van der Waals surface area contributed by atoms with Crippen LogP contribution in [0.4, 0.5) is 29.3 Å². The number of anilines is 2. The van der Waals surface area contributed by atoms with Gasteiger partial charge in [0, 0.05) is 19.2 Å². The van der Waals surface area contributed by atoms with Crippen LogP contribution in [0.1, 0.15) is 5.56 Å². The molecule has 3 amide bonds. The summed E-state index contributed by atoms with van der Waals surface area (Å²) in [6.45, 7) is 0.178. The molecule has 0 radical (unpaired) electrons. The van der Waals surface area contributed by atoms with Gasteiger partial charge in [-0.25, -0.2) is 4.79 Å². The molecule has 0 saturated carbocycles. The van der Waals surface area contributed by atoms with E-state index in [-0.39, 0.29) is 23.8 Å². The fraction of sp³-hybridized carbons (Fsp3) is 0.300. The molecule has 1 saturated heterocycles. The van der Waals surface area contributed by atoms with Gasteiger partial charge in [0.05, 0.1) is 36.2 Å². The van der Waals surface area contributed by atoms with Crippen LogP contribution in [-0.4, -0.2) is 50.7 Å². The molecule has 2 aromatic carbocycles. The van der Waals surface area contributed by atoms with E-state index in [0.29, 0.717) is 23.7 Å². The minimum Gasteiger partial charge on any atom is -0.497 e. The van der Waals surface area contributed by atoms with Crippen LogP contribution in [0.15, 0.2) is 36.4 Å². The van der Waals surface area contributed by atoms with Crippen LogP contribution in [0.3, 0.4) is 0 Å². The third-order valence-electron chi connectivity index (χ3n) is 4.67. The van der Waals surface area contributed by atoms with Crippen LogP contribution >= 0.6 is 11.6 Å². The topological polar surface area (TPSA) is 71.1 Å². The lowest BCUT2D eigenvalue weighted by Gasteiger charge is -2.21. The molecule has 7 nitrogen and oxygen atoms in total. The highest BCUT2D eigenvalue weighted by molar-refractivity contribution is 6.33. The summed E-state index contributed by atoms with van der Waals surface area (Å²) in [5, 5.41) is 2.29. The van der Waals surface area contributed by atoms with Crippen molar-refractivity contribution in [3.05, 3.63) is 47.0 Å². The van der Waals surface area contributed by atoms with Crippen LogP contribution in [-0.2, 0) is 11.0 Å². The number of amides is 3. The van der Waals surface area contributed by atoms with Gasteiger partial charge in [0.1, 0.15) is 18.0 Å². The van der Waals surface area contributed by atoms with Crippen LogP contribution in [0.25, 0.3) is 0 Å². The Morgan fingerprint density at radius 3 is 2.52 bits per heavy atom. The number of rotatable bonds is 6. The van der Waals surface area contributed by atoms with E-state index >= 15 is 0 Å². The fourth-order valence-corrected chi connectivity index (χ4v) is 3.29. The van der Waals surface area contributed by atoms with E-state index < -0.39 is 23.7 Å². The number of urea groups is 1. The first-order valence-corrected chi connectivity index (χ1v) is 9.47. The lowest BCUT2D eigenvalue weighted by atomic mass is 10.2. The number of alkyl halides is 3. The van der Waals surface area contributed by atoms with E-state index in [9.17, 15) is 22.8 Å². The number of methoxy groups -OCH3 is 2. The maximum atomic E-state index is 12.9. The van der Waals surface area contributed by atoms with Gasteiger partial charge >= 0.3 is 12.2 Å². The second-order valence-corrected chi connectivity index (χ2v) is 7.04. The molecule has 31 heavy (non-hydrogen) atoms. The highest BCUT2D eigenvalue weighted by atomic mass is 35.5. The summed E-state index contributed by atoms with van der Waals surface area (Å²) in [5.41, 5.74) is -0.643. The number of nitrogens with one attached hydrogen (secondary N) is 1. The van der Waals surface area contributed by atoms with E-state index in [4.69, 9.17) is 21.1 Å². The predicted molar refractivity (Wildman–Crippen MR) is 109 cm³/mol. The first-order valence-electron chi connectivity index (χ1n) is 9.09. The van der Waals surface area contributed by atoms with Crippen molar-refractivity contribution in [2.24, 2.45) is 0 Å². The van der Waals surface area contributed by atoms with E-state index in [1.54, 1.807) is 18.2 Å². The Hall–Kier alpha value is -3.14. The molecule has 3 rings (SSSR count). The number of nitrogens with zero attached hydrogens (tertiary/aromatic N) is 2. The molecule has 11 heteroatoms. The van der Waals surface area contributed by atoms with Gasteiger partial charge in [0.2, 0.25) is 5.91 Å². The first-order chi connectivity index (χ1) is 14.6. The molecule has 0 aromatic heterocycles. The molecule has 1 heterocycles. The molecule has 0 aliphatic carbocycles. The van der Waals surface area contributed by atoms with Crippen molar-refractivity contribution in [3.63, 3.8) is 0 Å². The average Bonchev–Trinajstić information content (AvgIpc) is 3.08. The van der Waals surface area contributed by atoms with E-state index in [2.05, 4.69) is 5.32 Å². The number of benzene rings is 2. The average molecular weight is 458 g/mol. The lowest BCUT2D eigenvalue weighted by Crippen LogP contribution is -2.37. The summed E-state index contributed by atoms with van der Waals surface area (Å²) in [7, 11) is 2.96. The molecule has 1 fully saturated rings.